The molecule has 166 valence electrons. The number of hydrogen-bond acceptors (Lipinski definition) is 4. The largest absolute Gasteiger partial charge is 0.348 e. The molecule has 1 aromatic heterocycles. The van der Waals surface area contributed by atoms with Crippen molar-refractivity contribution in [2.24, 2.45) is 0 Å². The van der Waals surface area contributed by atoms with Crippen LogP contribution in [0.15, 0.2) is 67.3 Å². The molecule has 0 saturated carbocycles. The van der Waals surface area contributed by atoms with Gasteiger partial charge >= 0.3 is 0 Å². The molecule has 1 heterocycles. The minimum atomic E-state index is -0.236. The molecule has 8 nitrogen and oxygen atoms in total. The van der Waals surface area contributed by atoms with E-state index in [4.69, 9.17) is 0 Å². The number of nitrogens with one attached hydrogen (secondary N) is 3. The van der Waals surface area contributed by atoms with Crippen molar-refractivity contribution in [1.82, 2.24) is 14.9 Å². The first kappa shape index (κ1) is 22.7. The molecule has 0 fully saturated rings. The van der Waals surface area contributed by atoms with E-state index in [-0.39, 0.29) is 17.7 Å². The van der Waals surface area contributed by atoms with Gasteiger partial charge in [0, 0.05) is 55.3 Å². The zero-order chi connectivity index (χ0) is 22.8. The average Bonchev–Trinajstić information content (AvgIpc) is 3.31. The van der Waals surface area contributed by atoms with E-state index in [2.05, 4.69) is 20.9 Å². The predicted molar refractivity (Wildman–Crippen MR) is 123 cm³/mol. The lowest BCUT2D eigenvalue weighted by Gasteiger charge is -2.10. The van der Waals surface area contributed by atoms with Gasteiger partial charge in [-0.25, -0.2) is 4.98 Å². The van der Waals surface area contributed by atoms with Gasteiger partial charge in [-0.15, -0.1) is 0 Å². The van der Waals surface area contributed by atoms with Crippen LogP contribution in [-0.2, 0) is 22.7 Å². The Labute approximate surface area is 187 Å². The van der Waals surface area contributed by atoms with Crippen molar-refractivity contribution in [1.29, 1.82) is 0 Å². The lowest BCUT2D eigenvalue weighted by Crippen LogP contribution is -2.23. The highest BCUT2D eigenvalue weighted by atomic mass is 16.2. The fourth-order valence-corrected chi connectivity index (χ4v) is 3.05. The maximum atomic E-state index is 12.5. The Morgan fingerprint density at radius 1 is 0.938 bits per heavy atom. The Balaban J connectivity index is 1.48. The number of rotatable bonds is 10. The lowest BCUT2D eigenvalue weighted by molar-refractivity contribution is -0.117. The summed E-state index contributed by atoms with van der Waals surface area (Å²) in [4.78, 5) is 40.3. The molecule has 0 atom stereocenters. The van der Waals surface area contributed by atoms with Crippen molar-refractivity contribution in [3.05, 3.63) is 78.4 Å². The van der Waals surface area contributed by atoms with Gasteiger partial charge < -0.3 is 20.5 Å². The van der Waals surface area contributed by atoms with Gasteiger partial charge in [-0.05, 0) is 42.3 Å². The quantitative estimate of drug-likeness (QED) is 0.454. The average molecular weight is 434 g/mol. The number of benzene rings is 2. The number of carbonyl (C=O) groups is 3. The number of carbonyl (C=O) groups excluding carboxylic acids is 3. The molecule has 32 heavy (non-hydrogen) atoms. The summed E-state index contributed by atoms with van der Waals surface area (Å²) in [5, 5.41) is 8.52. The van der Waals surface area contributed by atoms with Crippen molar-refractivity contribution in [3.63, 3.8) is 0 Å². The third-order valence-electron chi connectivity index (χ3n) is 4.73. The zero-order valence-corrected chi connectivity index (χ0v) is 18.0. The van der Waals surface area contributed by atoms with E-state index >= 15 is 0 Å². The molecule has 3 N–H and O–H groups in total. The molecule has 3 amide bonds. The maximum absolute atomic E-state index is 12.5. The summed E-state index contributed by atoms with van der Waals surface area (Å²) in [6, 6.07) is 14.2. The normalized spacial score (nSPS) is 10.4. The van der Waals surface area contributed by atoms with Gasteiger partial charge in [0.05, 0.1) is 6.33 Å². The minimum absolute atomic E-state index is 0.0118. The van der Waals surface area contributed by atoms with Crippen LogP contribution in [0.1, 0.15) is 42.1 Å². The first-order valence-corrected chi connectivity index (χ1v) is 10.6. The van der Waals surface area contributed by atoms with Crippen LogP contribution < -0.4 is 16.0 Å². The van der Waals surface area contributed by atoms with Crippen molar-refractivity contribution in [2.75, 3.05) is 10.6 Å². The third kappa shape index (κ3) is 7.09. The van der Waals surface area contributed by atoms with Crippen LogP contribution in [0.5, 0.6) is 0 Å². The molecule has 0 aliphatic rings. The number of aryl methyl sites for hydroxylation is 1. The van der Waals surface area contributed by atoms with Crippen molar-refractivity contribution in [2.45, 2.75) is 39.3 Å². The summed E-state index contributed by atoms with van der Waals surface area (Å²) in [5.74, 6) is -0.385. The van der Waals surface area contributed by atoms with E-state index < -0.39 is 0 Å². The summed E-state index contributed by atoms with van der Waals surface area (Å²) in [6.07, 6.45) is 6.72. The number of nitrogens with zero attached hydrogens (tertiary/aromatic N) is 2. The number of hydrogen-bond donors (Lipinski definition) is 3. The highest BCUT2D eigenvalue weighted by Gasteiger charge is 2.09. The van der Waals surface area contributed by atoms with Gasteiger partial charge in [-0.1, -0.05) is 25.1 Å². The Morgan fingerprint density at radius 3 is 2.41 bits per heavy atom. The van der Waals surface area contributed by atoms with E-state index in [1.807, 2.05) is 35.8 Å². The topological polar surface area (TPSA) is 105 Å². The Hall–Kier alpha value is -3.94. The summed E-state index contributed by atoms with van der Waals surface area (Å²) < 4.78 is 1.83. The first-order valence-electron chi connectivity index (χ1n) is 10.6. The van der Waals surface area contributed by atoms with Gasteiger partial charge in [0.2, 0.25) is 11.8 Å². The zero-order valence-electron chi connectivity index (χ0n) is 18.0. The molecule has 0 aliphatic carbocycles. The fourth-order valence-electron chi connectivity index (χ4n) is 3.05. The van der Waals surface area contributed by atoms with Crippen molar-refractivity contribution >= 4 is 29.1 Å². The summed E-state index contributed by atoms with van der Waals surface area (Å²) in [5.41, 5.74) is 2.67. The molecular formula is C24H27N5O3. The summed E-state index contributed by atoms with van der Waals surface area (Å²) in [7, 11) is 0. The van der Waals surface area contributed by atoms with E-state index in [0.29, 0.717) is 37.2 Å². The second-order valence-electron chi connectivity index (χ2n) is 7.36. The van der Waals surface area contributed by atoms with Gasteiger partial charge in [0.15, 0.2) is 0 Å². The Kier molecular flexibility index (Phi) is 8.14. The molecule has 0 aliphatic heterocycles. The van der Waals surface area contributed by atoms with Gasteiger partial charge in [0.1, 0.15) is 0 Å². The van der Waals surface area contributed by atoms with Gasteiger partial charge in [0.25, 0.3) is 5.91 Å². The monoisotopic (exact) mass is 433 g/mol. The standard InChI is InChI=1S/C24H27N5O3/c1-2-4-22(30)27-20-9-7-18(8-10-20)16-26-24(32)19-5-3-6-21(15-19)28-23(31)11-13-29-14-12-25-17-29/h3,5-10,12,14-15,17H,2,4,11,13,16H2,1H3,(H,26,32)(H,27,30)(H,28,31). The van der Waals surface area contributed by atoms with Crippen LogP contribution in [0.3, 0.4) is 0 Å². The molecule has 0 spiro atoms. The molecule has 3 aromatic rings. The van der Waals surface area contributed by atoms with Crippen LogP contribution in [0.2, 0.25) is 0 Å². The van der Waals surface area contributed by atoms with Crippen LogP contribution >= 0.6 is 0 Å². The van der Waals surface area contributed by atoms with Crippen molar-refractivity contribution in [3.8, 4) is 0 Å². The van der Waals surface area contributed by atoms with Crippen LogP contribution in [0.25, 0.3) is 0 Å². The minimum Gasteiger partial charge on any atom is -0.348 e. The number of aromatic nitrogens is 2. The van der Waals surface area contributed by atoms with E-state index in [1.54, 1.807) is 43.0 Å². The van der Waals surface area contributed by atoms with Crippen LogP contribution in [0, 0.1) is 0 Å². The SMILES string of the molecule is CCCC(=O)Nc1ccc(CNC(=O)c2cccc(NC(=O)CCn3ccnc3)c2)cc1. The second-order valence-corrected chi connectivity index (χ2v) is 7.36. The smallest absolute Gasteiger partial charge is 0.251 e. The molecular weight excluding hydrogens is 406 g/mol. The van der Waals surface area contributed by atoms with Crippen LogP contribution in [-0.4, -0.2) is 27.3 Å². The first-order chi connectivity index (χ1) is 15.5. The predicted octanol–water partition coefficient (Wildman–Crippen LogP) is 3.58. The van der Waals surface area contributed by atoms with E-state index in [9.17, 15) is 14.4 Å². The number of anilines is 2. The Bertz CT molecular complexity index is 1050. The number of imidazole rings is 1. The molecule has 0 unspecified atom stereocenters. The van der Waals surface area contributed by atoms with Gasteiger partial charge in [-0.3, -0.25) is 14.4 Å². The van der Waals surface area contributed by atoms with Gasteiger partial charge in [-0.2, -0.15) is 0 Å². The fraction of sp³-hybridized carbons (Fsp3) is 0.250. The Morgan fingerprint density at radius 2 is 1.69 bits per heavy atom. The third-order valence-corrected chi connectivity index (χ3v) is 4.73. The molecule has 8 heteroatoms. The summed E-state index contributed by atoms with van der Waals surface area (Å²) in [6.45, 7) is 2.84. The highest BCUT2D eigenvalue weighted by Crippen LogP contribution is 2.13. The molecule has 0 radical (unpaired) electrons. The number of amides is 3. The van der Waals surface area contributed by atoms with Crippen LogP contribution in [0.4, 0.5) is 11.4 Å². The highest BCUT2D eigenvalue weighted by molar-refractivity contribution is 5.97. The van der Waals surface area contributed by atoms with E-state index in [0.717, 1.165) is 17.7 Å². The summed E-state index contributed by atoms with van der Waals surface area (Å²) >= 11 is 0. The lowest BCUT2D eigenvalue weighted by atomic mass is 10.1. The molecule has 2 aromatic carbocycles. The molecule has 3 rings (SSSR count). The molecule has 0 bridgehead atoms. The maximum Gasteiger partial charge on any atom is 0.251 e. The second kappa shape index (κ2) is 11.5. The van der Waals surface area contributed by atoms with Crippen molar-refractivity contribution < 1.29 is 14.4 Å². The molecule has 0 saturated heterocycles. The van der Waals surface area contributed by atoms with E-state index in [1.165, 1.54) is 0 Å².